The number of rotatable bonds is 4. The van der Waals surface area contributed by atoms with Crippen molar-refractivity contribution in [3.05, 3.63) is 62.2 Å². The molecule has 1 atom stereocenters. The highest BCUT2D eigenvalue weighted by Gasteiger charge is 2.15. The maximum absolute atomic E-state index is 12.1. The summed E-state index contributed by atoms with van der Waals surface area (Å²) in [7, 11) is 0. The van der Waals surface area contributed by atoms with E-state index in [2.05, 4.69) is 45.7 Å². The summed E-state index contributed by atoms with van der Waals surface area (Å²) in [6, 6.07) is 10.1. The number of hydrogen-bond donors (Lipinski definition) is 1. The van der Waals surface area contributed by atoms with Crippen molar-refractivity contribution in [1.29, 1.82) is 0 Å². The van der Waals surface area contributed by atoms with Crippen LogP contribution in [0.4, 0.5) is 0 Å². The van der Waals surface area contributed by atoms with Gasteiger partial charge in [-0.05, 0) is 41.1 Å². The van der Waals surface area contributed by atoms with Crippen LogP contribution in [-0.2, 0) is 6.54 Å². The van der Waals surface area contributed by atoms with Crippen LogP contribution in [0.2, 0.25) is 0 Å². The normalized spacial score (nSPS) is 12.4. The molecule has 0 aliphatic carbocycles. The van der Waals surface area contributed by atoms with Crippen LogP contribution in [0.3, 0.4) is 0 Å². The van der Waals surface area contributed by atoms with E-state index in [9.17, 15) is 4.79 Å². The first-order valence-corrected chi connectivity index (χ1v) is 7.86. The fourth-order valence-corrected chi connectivity index (χ4v) is 2.83. The second kappa shape index (κ2) is 6.59. The number of aryl methyl sites for hydroxylation is 1. The zero-order valence-electron chi connectivity index (χ0n) is 11.5. The second-order valence-corrected chi connectivity index (χ2v) is 5.94. The van der Waals surface area contributed by atoms with Crippen LogP contribution in [0.5, 0.6) is 0 Å². The quantitative estimate of drug-likeness (QED) is 0.856. The first-order chi connectivity index (χ1) is 9.54. The molecule has 1 aromatic carbocycles. The molecule has 20 heavy (non-hydrogen) atoms. The van der Waals surface area contributed by atoms with Crippen molar-refractivity contribution in [2.75, 3.05) is 5.75 Å². The molecule has 5 heteroatoms. The van der Waals surface area contributed by atoms with Crippen molar-refractivity contribution < 1.29 is 0 Å². The molecule has 0 radical (unpaired) electrons. The Bertz CT molecular complexity index is 655. The Morgan fingerprint density at radius 2 is 1.95 bits per heavy atom. The first-order valence-electron chi connectivity index (χ1n) is 6.44. The molecule has 1 unspecified atom stereocenters. The summed E-state index contributed by atoms with van der Waals surface area (Å²) in [6.45, 7) is 4.35. The topological polar surface area (TPSA) is 34.9 Å². The van der Waals surface area contributed by atoms with Gasteiger partial charge < -0.3 is 0 Å². The Morgan fingerprint density at radius 1 is 1.30 bits per heavy atom. The molecule has 0 bridgehead atoms. The Hall–Kier alpha value is -1.07. The highest BCUT2D eigenvalue weighted by atomic mass is 79.9. The number of nitrogens with zero attached hydrogens (tertiary/aromatic N) is 2. The van der Waals surface area contributed by atoms with Gasteiger partial charge in [-0.2, -0.15) is 17.6 Å². The summed E-state index contributed by atoms with van der Waals surface area (Å²) in [5.41, 5.74) is 2.62. The minimum Gasteiger partial charge on any atom is -0.295 e. The fraction of sp³-hybridized carbons (Fsp3) is 0.333. The molecular weight excluding hydrogens is 336 g/mol. The van der Waals surface area contributed by atoms with Crippen LogP contribution >= 0.6 is 28.6 Å². The third kappa shape index (κ3) is 3.15. The van der Waals surface area contributed by atoms with Crippen molar-refractivity contribution in [3.63, 3.8) is 0 Å². The van der Waals surface area contributed by atoms with E-state index in [-0.39, 0.29) is 11.6 Å². The van der Waals surface area contributed by atoms with Gasteiger partial charge in [0.1, 0.15) is 0 Å². The Morgan fingerprint density at radius 3 is 2.55 bits per heavy atom. The van der Waals surface area contributed by atoms with E-state index in [1.54, 1.807) is 4.57 Å². The Kier molecular flexibility index (Phi) is 5.05. The van der Waals surface area contributed by atoms with Gasteiger partial charge in [-0.25, -0.2) is 4.79 Å². The average molecular weight is 353 g/mol. The van der Waals surface area contributed by atoms with E-state index in [0.717, 1.165) is 15.9 Å². The summed E-state index contributed by atoms with van der Waals surface area (Å²) in [6.07, 6.45) is 0. The SMILES string of the molecule is Cc1nc(=O)n(CC(CS)c2ccccc2)c(C)c1Br. The van der Waals surface area contributed by atoms with Crippen LogP contribution in [-0.4, -0.2) is 15.3 Å². The van der Waals surface area contributed by atoms with E-state index >= 15 is 0 Å². The van der Waals surface area contributed by atoms with E-state index in [0.29, 0.717) is 12.3 Å². The van der Waals surface area contributed by atoms with Gasteiger partial charge in [0.25, 0.3) is 0 Å². The summed E-state index contributed by atoms with van der Waals surface area (Å²) in [5.74, 6) is 0.869. The zero-order chi connectivity index (χ0) is 14.7. The molecule has 0 aliphatic heterocycles. The molecule has 1 aromatic heterocycles. The molecule has 3 nitrogen and oxygen atoms in total. The van der Waals surface area contributed by atoms with Crippen molar-refractivity contribution in [2.45, 2.75) is 26.3 Å². The minimum atomic E-state index is -0.203. The van der Waals surface area contributed by atoms with E-state index in [1.807, 2.05) is 32.0 Å². The smallest absolute Gasteiger partial charge is 0.295 e. The third-order valence-electron chi connectivity index (χ3n) is 3.43. The van der Waals surface area contributed by atoms with Gasteiger partial charge in [-0.1, -0.05) is 30.3 Å². The largest absolute Gasteiger partial charge is 0.348 e. The van der Waals surface area contributed by atoms with E-state index in [1.165, 1.54) is 5.56 Å². The number of aromatic nitrogens is 2. The monoisotopic (exact) mass is 352 g/mol. The zero-order valence-corrected chi connectivity index (χ0v) is 14.0. The number of halogens is 1. The number of benzene rings is 1. The summed E-state index contributed by atoms with van der Waals surface area (Å²) < 4.78 is 2.61. The van der Waals surface area contributed by atoms with Crippen molar-refractivity contribution in [2.24, 2.45) is 0 Å². The Balaban J connectivity index is 2.39. The first kappa shape index (κ1) is 15.3. The average Bonchev–Trinajstić information content (AvgIpc) is 2.46. The van der Waals surface area contributed by atoms with Crippen LogP contribution in [0.25, 0.3) is 0 Å². The Labute approximate surface area is 132 Å². The lowest BCUT2D eigenvalue weighted by Crippen LogP contribution is -2.29. The summed E-state index contributed by atoms with van der Waals surface area (Å²) in [4.78, 5) is 16.2. The molecule has 1 heterocycles. The van der Waals surface area contributed by atoms with Gasteiger partial charge in [0.2, 0.25) is 0 Å². The van der Waals surface area contributed by atoms with Crippen LogP contribution in [0, 0.1) is 13.8 Å². The minimum absolute atomic E-state index is 0.187. The van der Waals surface area contributed by atoms with E-state index in [4.69, 9.17) is 0 Å². The van der Waals surface area contributed by atoms with Gasteiger partial charge >= 0.3 is 5.69 Å². The van der Waals surface area contributed by atoms with Crippen molar-refractivity contribution in [3.8, 4) is 0 Å². The van der Waals surface area contributed by atoms with Crippen molar-refractivity contribution in [1.82, 2.24) is 9.55 Å². The third-order valence-corrected chi connectivity index (χ3v) is 5.02. The predicted molar refractivity (Wildman–Crippen MR) is 88.7 cm³/mol. The lowest BCUT2D eigenvalue weighted by atomic mass is 10.0. The van der Waals surface area contributed by atoms with E-state index < -0.39 is 0 Å². The lowest BCUT2D eigenvalue weighted by molar-refractivity contribution is 0.557. The summed E-state index contributed by atoms with van der Waals surface area (Å²) in [5, 5.41) is 0. The second-order valence-electron chi connectivity index (χ2n) is 4.78. The molecular formula is C15H17BrN2OS. The molecule has 0 aliphatic rings. The maximum atomic E-state index is 12.1. The van der Waals surface area contributed by atoms with Crippen LogP contribution in [0.15, 0.2) is 39.6 Å². The molecule has 106 valence electrons. The van der Waals surface area contributed by atoms with Gasteiger partial charge in [0, 0.05) is 18.2 Å². The molecule has 0 amide bonds. The molecule has 0 fully saturated rings. The van der Waals surface area contributed by atoms with Crippen LogP contribution in [0.1, 0.15) is 22.9 Å². The molecule has 0 N–H and O–H groups in total. The van der Waals surface area contributed by atoms with Gasteiger partial charge in [0.15, 0.2) is 0 Å². The van der Waals surface area contributed by atoms with Gasteiger partial charge in [0.05, 0.1) is 10.2 Å². The molecule has 2 aromatic rings. The van der Waals surface area contributed by atoms with Gasteiger partial charge in [-0.3, -0.25) is 4.57 Å². The molecule has 2 rings (SSSR count). The van der Waals surface area contributed by atoms with Crippen molar-refractivity contribution >= 4 is 28.6 Å². The highest BCUT2D eigenvalue weighted by Crippen LogP contribution is 2.22. The number of hydrogen-bond acceptors (Lipinski definition) is 3. The van der Waals surface area contributed by atoms with Crippen LogP contribution < -0.4 is 5.69 Å². The standard InChI is InChI=1S/C15H17BrN2OS/c1-10-14(16)11(2)18(15(19)17-10)8-13(9-20)12-6-4-3-5-7-12/h3-7,13,20H,8-9H2,1-2H3. The molecule has 0 spiro atoms. The molecule has 0 saturated heterocycles. The maximum Gasteiger partial charge on any atom is 0.348 e. The summed E-state index contributed by atoms with van der Waals surface area (Å²) >= 11 is 7.92. The lowest BCUT2D eigenvalue weighted by Gasteiger charge is -2.19. The number of thiol groups is 1. The predicted octanol–water partition coefficient (Wildman–Crippen LogP) is 3.34. The fourth-order valence-electron chi connectivity index (χ4n) is 2.21. The van der Waals surface area contributed by atoms with Gasteiger partial charge in [-0.15, -0.1) is 0 Å². The molecule has 0 saturated carbocycles. The highest BCUT2D eigenvalue weighted by molar-refractivity contribution is 9.10.